The summed E-state index contributed by atoms with van der Waals surface area (Å²) in [5.41, 5.74) is 8.07. The van der Waals surface area contributed by atoms with E-state index >= 15 is 0 Å². The topological polar surface area (TPSA) is 47.3 Å². The number of rotatable bonds is 3. The molecule has 0 bridgehead atoms. The summed E-state index contributed by atoms with van der Waals surface area (Å²) in [4.78, 5) is 4.36. The van der Waals surface area contributed by atoms with E-state index in [1.165, 1.54) is 0 Å². The van der Waals surface area contributed by atoms with Crippen LogP contribution in [-0.4, -0.2) is 24.9 Å². The lowest BCUT2D eigenvalue weighted by Crippen LogP contribution is -2.40. The molecule has 1 aliphatic carbocycles. The van der Waals surface area contributed by atoms with E-state index in [1.54, 1.807) is 0 Å². The molecule has 2 atom stereocenters. The van der Waals surface area contributed by atoms with Crippen molar-refractivity contribution in [2.24, 2.45) is 5.73 Å². The minimum absolute atomic E-state index is 0.0406. The molecule has 3 nitrogen and oxygen atoms in total. The van der Waals surface area contributed by atoms with Gasteiger partial charge in [0.05, 0.1) is 0 Å². The molecule has 0 radical (unpaired) electrons. The molecule has 1 aliphatic rings. The first-order valence-corrected chi connectivity index (χ1v) is 4.67. The lowest BCUT2D eigenvalue weighted by atomic mass is 9.92. The fourth-order valence-electron chi connectivity index (χ4n) is 1.58. The first kappa shape index (κ1) is 11.7. The van der Waals surface area contributed by atoms with E-state index in [4.69, 9.17) is 5.73 Å². The lowest BCUT2D eigenvalue weighted by Gasteiger charge is -2.26. The number of nitrogens with one attached hydrogen (secondary N) is 1. The molecule has 0 heterocycles. The molecule has 3 N–H and O–H groups in total. The fourth-order valence-corrected chi connectivity index (χ4v) is 1.58. The van der Waals surface area contributed by atoms with Crippen molar-refractivity contribution in [2.45, 2.75) is 43.9 Å². The Bertz CT molecular complexity index is 174. The molecule has 1 fully saturated rings. The highest BCUT2D eigenvalue weighted by atomic mass is 19.4. The van der Waals surface area contributed by atoms with Crippen LogP contribution in [0.25, 0.3) is 0 Å². The van der Waals surface area contributed by atoms with Gasteiger partial charge in [-0.05, 0) is 19.3 Å². The van der Waals surface area contributed by atoms with E-state index in [2.05, 4.69) is 10.3 Å². The molecule has 84 valence electrons. The van der Waals surface area contributed by atoms with Crippen molar-refractivity contribution in [2.75, 3.05) is 6.61 Å². The zero-order chi connectivity index (χ0) is 10.6. The minimum atomic E-state index is -4.27. The predicted octanol–water partition coefficient (Wildman–Crippen LogP) is 1.34. The maximum atomic E-state index is 11.7. The van der Waals surface area contributed by atoms with Gasteiger partial charge < -0.3 is 5.73 Å². The Balaban J connectivity index is 2.12. The minimum Gasteiger partial charge on any atom is -0.328 e. The summed E-state index contributed by atoms with van der Waals surface area (Å²) in [7, 11) is 0. The quantitative estimate of drug-likeness (QED) is 0.694. The van der Waals surface area contributed by atoms with Crippen LogP contribution in [-0.2, 0) is 4.84 Å². The van der Waals surface area contributed by atoms with Gasteiger partial charge in [-0.3, -0.25) is 4.84 Å². The normalized spacial score (nSPS) is 29.1. The summed E-state index contributed by atoms with van der Waals surface area (Å²) in [5, 5.41) is 0. The molecule has 0 aromatic heterocycles. The third-order valence-electron chi connectivity index (χ3n) is 2.20. The smallest absolute Gasteiger partial charge is 0.328 e. The average molecular weight is 212 g/mol. The Morgan fingerprint density at radius 2 is 2.07 bits per heavy atom. The third-order valence-corrected chi connectivity index (χ3v) is 2.20. The molecule has 0 amide bonds. The number of nitrogens with two attached hydrogens (primary N) is 1. The number of hydrogen-bond donors (Lipinski definition) is 2. The van der Waals surface area contributed by atoms with Crippen molar-refractivity contribution < 1.29 is 18.0 Å². The molecule has 0 aliphatic heterocycles. The first-order chi connectivity index (χ1) is 6.47. The highest BCUT2D eigenvalue weighted by Crippen LogP contribution is 2.18. The van der Waals surface area contributed by atoms with Gasteiger partial charge in [-0.2, -0.15) is 18.7 Å². The SMILES string of the molecule is NC1CCCC(NOCC(F)(F)F)C1. The Kier molecular flexibility index (Phi) is 4.15. The molecule has 6 heteroatoms. The van der Waals surface area contributed by atoms with E-state index in [0.29, 0.717) is 6.42 Å². The average Bonchev–Trinajstić information content (AvgIpc) is 2.01. The lowest BCUT2D eigenvalue weighted by molar-refractivity contribution is -0.193. The summed E-state index contributed by atoms with van der Waals surface area (Å²) >= 11 is 0. The van der Waals surface area contributed by atoms with E-state index in [-0.39, 0.29) is 12.1 Å². The standard InChI is InChI=1S/C8H15F3N2O/c9-8(10,11)5-14-13-7-3-1-2-6(12)4-7/h6-7,13H,1-5,12H2. The Labute approximate surface area is 80.7 Å². The van der Waals surface area contributed by atoms with Gasteiger partial charge in [-0.25, -0.2) is 0 Å². The Morgan fingerprint density at radius 1 is 1.36 bits per heavy atom. The third kappa shape index (κ3) is 4.78. The largest absolute Gasteiger partial charge is 0.413 e. The zero-order valence-corrected chi connectivity index (χ0v) is 7.81. The van der Waals surface area contributed by atoms with Crippen LogP contribution in [0.5, 0.6) is 0 Å². The van der Waals surface area contributed by atoms with E-state index < -0.39 is 12.8 Å². The Hall–Kier alpha value is -0.330. The first-order valence-electron chi connectivity index (χ1n) is 4.67. The van der Waals surface area contributed by atoms with Crippen molar-refractivity contribution in [3.8, 4) is 0 Å². The highest BCUT2D eigenvalue weighted by molar-refractivity contribution is 4.77. The molecule has 0 saturated heterocycles. The monoisotopic (exact) mass is 212 g/mol. The van der Waals surface area contributed by atoms with Crippen molar-refractivity contribution in [1.29, 1.82) is 0 Å². The molecule has 0 spiro atoms. The van der Waals surface area contributed by atoms with Crippen molar-refractivity contribution in [1.82, 2.24) is 5.48 Å². The van der Waals surface area contributed by atoms with Crippen LogP contribution < -0.4 is 11.2 Å². The van der Waals surface area contributed by atoms with E-state index in [9.17, 15) is 13.2 Å². The second-order valence-electron chi connectivity index (χ2n) is 3.65. The summed E-state index contributed by atoms with van der Waals surface area (Å²) < 4.78 is 35.1. The molecule has 14 heavy (non-hydrogen) atoms. The maximum absolute atomic E-state index is 11.7. The van der Waals surface area contributed by atoms with Crippen molar-refractivity contribution in [3.63, 3.8) is 0 Å². The number of hydroxylamine groups is 1. The number of halogens is 3. The van der Waals surface area contributed by atoms with Crippen LogP contribution >= 0.6 is 0 Å². The van der Waals surface area contributed by atoms with Gasteiger partial charge in [0.1, 0.15) is 0 Å². The van der Waals surface area contributed by atoms with Gasteiger partial charge in [0.15, 0.2) is 6.61 Å². The van der Waals surface area contributed by atoms with Crippen molar-refractivity contribution in [3.05, 3.63) is 0 Å². The summed E-state index contributed by atoms with van der Waals surface area (Å²) in [5.74, 6) is 0. The summed E-state index contributed by atoms with van der Waals surface area (Å²) in [6.45, 7) is -1.25. The van der Waals surface area contributed by atoms with Crippen LogP contribution in [0, 0.1) is 0 Å². The molecule has 0 aromatic carbocycles. The van der Waals surface area contributed by atoms with Crippen LogP contribution in [0.4, 0.5) is 13.2 Å². The van der Waals surface area contributed by atoms with Crippen molar-refractivity contribution >= 4 is 0 Å². The molecule has 1 rings (SSSR count). The van der Waals surface area contributed by atoms with Gasteiger partial charge >= 0.3 is 6.18 Å². The van der Waals surface area contributed by atoms with E-state index in [1.807, 2.05) is 0 Å². The second kappa shape index (κ2) is 4.95. The summed E-state index contributed by atoms with van der Waals surface area (Å²) in [6, 6.07) is 0.0387. The Morgan fingerprint density at radius 3 is 2.64 bits per heavy atom. The van der Waals surface area contributed by atoms with Crippen LogP contribution in [0.3, 0.4) is 0 Å². The molecular weight excluding hydrogens is 197 g/mol. The van der Waals surface area contributed by atoms with E-state index in [0.717, 1.165) is 19.3 Å². The van der Waals surface area contributed by atoms with Gasteiger partial charge in [0, 0.05) is 12.1 Å². The van der Waals surface area contributed by atoms with Gasteiger partial charge in [-0.1, -0.05) is 6.42 Å². The fraction of sp³-hybridized carbons (Fsp3) is 1.00. The maximum Gasteiger partial charge on any atom is 0.413 e. The van der Waals surface area contributed by atoms with Gasteiger partial charge in [-0.15, -0.1) is 0 Å². The second-order valence-corrected chi connectivity index (χ2v) is 3.65. The molecule has 1 saturated carbocycles. The molecule has 0 aromatic rings. The van der Waals surface area contributed by atoms with Crippen LogP contribution in [0.1, 0.15) is 25.7 Å². The molecule has 2 unspecified atom stereocenters. The zero-order valence-electron chi connectivity index (χ0n) is 7.81. The number of alkyl halides is 3. The highest BCUT2D eigenvalue weighted by Gasteiger charge is 2.28. The summed E-state index contributed by atoms with van der Waals surface area (Å²) in [6.07, 6.45) is -0.890. The molecular formula is C8H15F3N2O. The number of hydrogen-bond acceptors (Lipinski definition) is 3. The van der Waals surface area contributed by atoms with Gasteiger partial charge in [0.25, 0.3) is 0 Å². The van der Waals surface area contributed by atoms with Crippen LogP contribution in [0.2, 0.25) is 0 Å². The predicted molar refractivity (Wildman–Crippen MR) is 45.4 cm³/mol. The van der Waals surface area contributed by atoms with Crippen LogP contribution in [0.15, 0.2) is 0 Å². The van der Waals surface area contributed by atoms with Gasteiger partial charge in [0.2, 0.25) is 0 Å².